The quantitative estimate of drug-likeness (QED) is 0.226. The van der Waals surface area contributed by atoms with Crippen LogP contribution in [0.3, 0.4) is 0 Å². The van der Waals surface area contributed by atoms with Crippen molar-refractivity contribution in [3.05, 3.63) is 86.9 Å². The van der Waals surface area contributed by atoms with Gasteiger partial charge in [-0.3, -0.25) is 10.1 Å². The molecule has 1 aliphatic heterocycles. The highest BCUT2D eigenvalue weighted by molar-refractivity contribution is 5.92. The van der Waals surface area contributed by atoms with Crippen molar-refractivity contribution in [2.24, 2.45) is 0 Å². The SMILES string of the molecule is COc1ccc(OCCOC(=O)C2=C(C)NC(C)=C([N+](=O)[O-])C2c2ccccc2OC(F)F)cc1. The maximum Gasteiger partial charge on any atom is 0.387 e. The molecule has 0 fully saturated rings. The number of nitrogens with one attached hydrogen (secondary N) is 1. The van der Waals surface area contributed by atoms with Crippen molar-refractivity contribution in [2.45, 2.75) is 26.4 Å². The summed E-state index contributed by atoms with van der Waals surface area (Å²) in [6, 6.07) is 12.4. The molecule has 11 heteroatoms. The van der Waals surface area contributed by atoms with Gasteiger partial charge in [-0.25, -0.2) is 4.79 Å². The summed E-state index contributed by atoms with van der Waals surface area (Å²) in [4.78, 5) is 24.3. The van der Waals surface area contributed by atoms with Crippen molar-refractivity contribution in [3.8, 4) is 17.2 Å². The van der Waals surface area contributed by atoms with Gasteiger partial charge >= 0.3 is 12.6 Å². The van der Waals surface area contributed by atoms with Gasteiger partial charge < -0.3 is 24.3 Å². The Morgan fingerprint density at radius 2 is 1.71 bits per heavy atom. The molecule has 35 heavy (non-hydrogen) atoms. The summed E-state index contributed by atoms with van der Waals surface area (Å²) < 4.78 is 46.6. The Bertz CT molecular complexity index is 1150. The number of carbonyl (C=O) groups is 1. The third-order valence-corrected chi connectivity index (χ3v) is 5.23. The summed E-state index contributed by atoms with van der Waals surface area (Å²) in [6.45, 7) is -0.271. The summed E-state index contributed by atoms with van der Waals surface area (Å²) in [6.07, 6.45) is 0. The number of para-hydroxylation sites is 1. The molecule has 0 radical (unpaired) electrons. The molecule has 1 N–H and O–H groups in total. The fourth-order valence-electron chi connectivity index (χ4n) is 3.76. The first-order chi connectivity index (χ1) is 16.7. The molecule has 1 atom stereocenters. The van der Waals surface area contributed by atoms with Gasteiger partial charge in [0.1, 0.15) is 36.4 Å². The summed E-state index contributed by atoms with van der Waals surface area (Å²) in [5.41, 5.74) is 0.0512. The number of ether oxygens (including phenoxy) is 4. The van der Waals surface area contributed by atoms with E-state index in [1.165, 1.54) is 31.2 Å². The zero-order valence-corrected chi connectivity index (χ0v) is 19.2. The molecule has 0 aliphatic carbocycles. The smallest absolute Gasteiger partial charge is 0.387 e. The molecule has 0 bridgehead atoms. The van der Waals surface area contributed by atoms with Crippen LogP contribution >= 0.6 is 0 Å². The Kier molecular flexibility index (Phi) is 8.24. The third kappa shape index (κ3) is 6.05. The highest BCUT2D eigenvalue weighted by Crippen LogP contribution is 2.42. The van der Waals surface area contributed by atoms with E-state index in [1.54, 1.807) is 38.3 Å². The zero-order chi connectivity index (χ0) is 25.5. The van der Waals surface area contributed by atoms with Gasteiger partial charge in [-0.15, -0.1) is 0 Å². The highest BCUT2D eigenvalue weighted by Gasteiger charge is 2.42. The van der Waals surface area contributed by atoms with Gasteiger partial charge in [0.2, 0.25) is 0 Å². The molecule has 0 amide bonds. The van der Waals surface area contributed by atoms with E-state index < -0.39 is 23.4 Å². The number of nitro groups is 1. The van der Waals surface area contributed by atoms with Crippen molar-refractivity contribution >= 4 is 5.97 Å². The molecule has 0 aromatic heterocycles. The Labute approximate surface area is 200 Å². The standard InChI is InChI=1S/C24H24F2N2O7/c1-14-20(23(29)34-13-12-33-17-10-8-16(32-3)9-11-17)21(22(28(30)31)15(2)27-14)18-6-4-5-7-19(18)35-24(25)26/h4-11,21,24,27H,12-13H2,1-3H3. The van der Waals surface area contributed by atoms with E-state index in [-0.39, 0.29) is 41.5 Å². The largest absolute Gasteiger partial charge is 0.497 e. The predicted molar refractivity (Wildman–Crippen MR) is 121 cm³/mol. The van der Waals surface area contributed by atoms with Gasteiger partial charge in [0.05, 0.1) is 23.3 Å². The summed E-state index contributed by atoms with van der Waals surface area (Å²) in [5, 5.41) is 14.7. The van der Waals surface area contributed by atoms with E-state index in [2.05, 4.69) is 10.1 Å². The maximum absolute atomic E-state index is 13.1. The topological polar surface area (TPSA) is 109 Å². The minimum atomic E-state index is -3.16. The monoisotopic (exact) mass is 490 g/mol. The van der Waals surface area contributed by atoms with Crippen LogP contribution in [-0.4, -0.2) is 37.8 Å². The number of esters is 1. The zero-order valence-electron chi connectivity index (χ0n) is 19.2. The second-order valence-electron chi connectivity index (χ2n) is 7.44. The van der Waals surface area contributed by atoms with Crippen molar-refractivity contribution in [1.82, 2.24) is 5.32 Å². The van der Waals surface area contributed by atoms with E-state index in [0.29, 0.717) is 17.2 Å². The summed E-state index contributed by atoms with van der Waals surface area (Å²) >= 11 is 0. The number of carbonyl (C=O) groups excluding carboxylic acids is 1. The number of dihydropyridines is 1. The highest BCUT2D eigenvalue weighted by atomic mass is 19.3. The molecule has 1 heterocycles. The molecule has 2 aromatic rings. The molecule has 1 aliphatic rings. The van der Waals surface area contributed by atoms with Crippen LogP contribution < -0.4 is 19.5 Å². The van der Waals surface area contributed by atoms with Crippen LogP contribution in [0.2, 0.25) is 0 Å². The molecule has 9 nitrogen and oxygen atoms in total. The molecule has 0 saturated heterocycles. The number of halogens is 2. The van der Waals surface area contributed by atoms with E-state index in [9.17, 15) is 23.7 Å². The van der Waals surface area contributed by atoms with Gasteiger partial charge in [0, 0.05) is 11.3 Å². The Morgan fingerprint density at radius 1 is 1.06 bits per heavy atom. The Balaban J connectivity index is 1.83. The van der Waals surface area contributed by atoms with Crippen LogP contribution in [0.5, 0.6) is 17.2 Å². The van der Waals surface area contributed by atoms with Crippen molar-refractivity contribution in [1.29, 1.82) is 0 Å². The lowest BCUT2D eigenvalue weighted by Gasteiger charge is -2.27. The number of nitrogens with zero attached hydrogens (tertiary/aromatic N) is 1. The molecule has 2 aromatic carbocycles. The second-order valence-corrected chi connectivity index (χ2v) is 7.44. The molecular formula is C24H24F2N2O7. The molecular weight excluding hydrogens is 466 g/mol. The van der Waals surface area contributed by atoms with Crippen molar-refractivity contribution in [3.63, 3.8) is 0 Å². The van der Waals surface area contributed by atoms with Crippen molar-refractivity contribution in [2.75, 3.05) is 20.3 Å². The first-order valence-corrected chi connectivity index (χ1v) is 10.5. The van der Waals surface area contributed by atoms with E-state index >= 15 is 0 Å². The second kappa shape index (κ2) is 11.3. The maximum atomic E-state index is 13.1. The lowest BCUT2D eigenvalue weighted by Crippen LogP contribution is -2.32. The normalized spacial score (nSPS) is 15.5. The number of alkyl halides is 2. The average molecular weight is 490 g/mol. The van der Waals surface area contributed by atoms with Crippen LogP contribution in [0.1, 0.15) is 25.3 Å². The molecule has 0 spiro atoms. The van der Waals surface area contributed by atoms with Crippen LogP contribution in [0.25, 0.3) is 0 Å². The number of hydrogen-bond acceptors (Lipinski definition) is 8. The van der Waals surface area contributed by atoms with Crippen LogP contribution in [0.4, 0.5) is 8.78 Å². The van der Waals surface area contributed by atoms with Crippen LogP contribution in [0, 0.1) is 10.1 Å². The minimum absolute atomic E-state index is 0.0184. The van der Waals surface area contributed by atoms with Gasteiger partial charge in [-0.1, -0.05) is 18.2 Å². The van der Waals surface area contributed by atoms with E-state index in [1.807, 2.05) is 0 Å². The van der Waals surface area contributed by atoms with E-state index in [0.717, 1.165) is 0 Å². The molecule has 3 rings (SSSR count). The molecule has 186 valence electrons. The number of benzene rings is 2. The minimum Gasteiger partial charge on any atom is -0.497 e. The van der Waals surface area contributed by atoms with Crippen LogP contribution in [0.15, 0.2) is 71.2 Å². The third-order valence-electron chi connectivity index (χ3n) is 5.23. The lowest BCUT2D eigenvalue weighted by molar-refractivity contribution is -0.431. The Morgan fingerprint density at radius 3 is 2.34 bits per heavy atom. The summed E-state index contributed by atoms with van der Waals surface area (Å²) in [7, 11) is 1.54. The van der Waals surface area contributed by atoms with Gasteiger partial charge in [0.25, 0.3) is 5.70 Å². The first-order valence-electron chi connectivity index (χ1n) is 10.5. The fraction of sp³-hybridized carbons (Fsp3) is 0.292. The fourth-order valence-corrected chi connectivity index (χ4v) is 3.76. The van der Waals surface area contributed by atoms with E-state index in [4.69, 9.17) is 14.2 Å². The van der Waals surface area contributed by atoms with Gasteiger partial charge in [-0.05, 0) is 44.2 Å². The van der Waals surface area contributed by atoms with Crippen LogP contribution in [-0.2, 0) is 9.53 Å². The van der Waals surface area contributed by atoms with Crippen molar-refractivity contribution < 1.29 is 37.4 Å². The predicted octanol–water partition coefficient (Wildman–Crippen LogP) is 4.39. The summed E-state index contributed by atoms with van der Waals surface area (Å²) in [5.74, 6) is -1.24. The average Bonchev–Trinajstić information content (AvgIpc) is 2.81. The first kappa shape index (κ1) is 25.5. The van der Waals surface area contributed by atoms with Gasteiger partial charge in [0.15, 0.2) is 0 Å². The Hall–Kier alpha value is -4.15. The molecule has 1 unspecified atom stereocenters. The number of methoxy groups -OCH3 is 1. The number of rotatable bonds is 10. The molecule has 0 saturated carbocycles. The lowest BCUT2D eigenvalue weighted by atomic mass is 9.83. The number of allylic oxidation sites excluding steroid dienone is 3. The number of hydrogen-bond donors (Lipinski definition) is 1. The van der Waals surface area contributed by atoms with Gasteiger partial charge in [-0.2, -0.15) is 8.78 Å².